The monoisotopic (exact) mass is 328 g/mol. The Morgan fingerprint density at radius 2 is 2.06 bits per heavy atom. The Kier molecular flexibility index (Phi) is 3.23. The third-order valence-corrected chi connectivity index (χ3v) is 2.67. The van der Waals surface area contributed by atoms with Crippen LogP contribution in [0, 0.1) is 10.5 Å². The molecule has 1 aromatic heterocycles. The van der Waals surface area contributed by atoms with E-state index in [2.05, 4.69) is 32.9 Å². The molecule has 2 aromatic rings. The van der Waals surface area contributed by atoms with Crippen LogP contribution in [0.1, 0.15) is 16.1 Å². The topological polar surface area (TPSA) is 55.1 Å². The SMILES string of the molecule is Cc1coc(NC(=O)c2ccc(I)cc2)n1. The Hall–Kier alpha value is -1.37. The second-order valence-electron chi connectivity index (χ2n) is 3.26. The summed E-state index contributed by atoms with van der Waals surface area (Å²) in [7, 11) is 0. The molecule has 1 amide bonds. The fourth-order valence-electron chi connectivity index (χ4n) is 1.18. The van der Waals surface area contributed by atoms with Crippen LogP contribution in [0.25, 0.3) is 0 Å². The van der Waals surface area contributed by atoms with Crippen LogP contribution in [0.2, 0.25) is 0 Å². The number of hydrogen-bond acceptors (Lipinski definition) is 3. The number of hydrogen-bond donors (Lipinski definition) is 1. The van der Waals surface area contributed by atoms with Crippen molar-refractivity contribution in [2.75, 3.05) is 5.32 Å². The fraction of sp³-hybridized carbons (Fsp3) is 0.0909. The number of benzene rings is 1. The van der Waals surface area contributed by atoms with Crippen molar-refractivity contribution < 1.29 is 9.21 Å². The molecule has 0 atom stereocenters. The van der Waals surface area contributed by atoms with Gasteiger partial charge in [-0.05, 0) is 53.8 Å². The van der Waals surface area contributed by atoms with Crippen molar-refractivity contribution in [3.05, 3.63) is 45.4 Å². The van der Waals surface area contributed by atoms with Crippen molar-refractivity contribution in [3.63, 3.8) is 0 Å². The van der Waals surface area contributed by atoms with Gasteiger partial charge in [-0.25, -0.2) is 0 Å². The van der Waals surface area contributed by atoms with E-state index >= 15 is 0 Å². The van der Waals surface area contributed by atoms with Crippen LogP contribution in [0.3, 0.4) is 0 Å². The van der Waals surface area contributed by atoms with Gasteiger partial charge < -0.3 is 4.42 Å². The first-order chi connectivity index (χ1) is 7.65. The van der Waals surface area contributed by atoms with Gasteiger partial charge in [0.2, 0.25) is 0 Å². The summed E-state index contributed by atoms with van der Waals surface area (Å²) in [5, 5.41) is 2.58. The minimum absolute atomic E-state index is 0.223. The maximum absolute atomic E-state index is 11.7. The molecule has 1 heterocycles. The number of aromatic nitrogens is 1. The van der Waals surface area contributed by atoms with E-state index in [0.717, 1.165) is 9.26 Å². The third kappa shape index (κ3) is 2.60. The predicted molar refractivity (Wildman–Crippen MR) is 68.4 cm³/mol. The molecule has 0 aliphatic heterocycles. The second-order valence-corrected chi connectivity index (χ2v) is 4.50. The molecule has 0 unspecified atom stereocenters. The number of oxazole rings is 1. The van der Waals surface area contributed by atoms with E-state index in [9.17, 15) is 4.79 Å². The van der Waals surface area contributed by atoms with Gasteiger partial charge in [0, 0.05) is 9.13 Å². The molecule has 4 nitrogen and oxygen atoms in total. The highest BCUT2D eigenvalue weighted by atomic mass is 127. The van der Waals surface area contributed by atoms with Gasteiger partial charge in [-0.1, -0.05) is 0 Å². The average molecular weight is 328 g/mol. The van der Waals surface area contributed by atoms with Gasteiger partial charge in [0.15, 0.2) is 0 Å². The fourth-order valence-corrected chi connectivity index (χ4v) is 1.54. The number of carbonyl (C=O) groups excluding carboxylic acids is 1. The molecule has 0 saturated heterocycles. The Labute approximate surface area is 106 Å². The van der Waals surface area contributed by atoms with E-state index in [1.54, 1.807) is 19.1 Å². The zero-order chi connectivity index (χ0) is 11.5. The molecule has 0 aliphatic carbocycles. The highest BCUT2D eigenvalue weighted by molar-refractivity contribution is 14.1. The molecule has 1 N–H and O–H groups in total. The first kappa shape index (κ1) is 11.1. The van der Waals surface area contributed by atoms with Gasteiger partial charge in [0.25, 0.3) is 5.91 Å². The zero-order valence-electron chi connectivity index (χ0n) is 8.53. The van der Waals surface area contributed by atoms with E-state index in [1.165, 1.54) is 6.26 Å². The lowest BCUT2D eigenvalue weighted by Gasteiger charge is -2.00. The summed E-state index contributed by atoms with van der Waals surface area (Å²) in [4.78, 5) is 15.7. The largest absolute Gasteiger partial charge is 0.432 e. The maximum atomic E-state index is 11.7. The number of aryl methyl sites for hydroxylation is 1. The first-order valence-corrected chi connectivity index (χ1v) is 5.72. The molecule has 82 valence electrons. The Morgan fingerprint density at radius 3 is 2.62 bits per heavy atom. The van der Waals surface area contributed by atoms with Crippen LogP contribution in [0.15, 0.2) is 34.9 Å². The van der Waals surface area contributed by atoms with Crippen molar-refractivity contribution in [1.82, 2.24) is 4.98 Å². The smallest absolute Gasteiger partial charge is 0.301 e. The Bertz CT molecular complexity index is 505. The molecule has 0 saturated carbocycles. The molecule has 0 bridgehead atoms. The molecule has 1 aromatic carbocycles. The number of nitrogens with zero attached hydrogens (tertiary/aromatic N) is 1. The Balaban J connectivity index is 2.11. The van der Waals surface area contributed by atoms with Crippen molar-refractivity contribution in [3.8, 4) is 0 Å². The van der Waals surface area contributed by atoms with Crippen molar-refractivity contribution in [2.45, 2.75) is 6.92 Å². The van der Waals surface area contributed by atoms with Crippen molar-refractivity contribution in [1.29, 1.82) is 0 Å². The summed E-state index contributed by atoms with van der Waals surface area (Å²) in [6.07, 6.45) is 1.49. The summed E-state index contributed by atoms with van der Waals surface area (Å²) in [6.45, 7) is 1.80. The lowest BCUT2D eigenvalue weighted by molar-refractivity contribution is 0.102. The highest BCUT2D eigenvalue weighted by Gasteiger charge is 2.08. The second kappa shape index (κ2) is 4.65. The summed E-state index contributed by atoms with van der Waals surface area (Å²) in [5.41, 5.74) is 1.31. The maximum Gasteiger partial charge on any atom is 0.301 e. The number of nitrogens with one attached hydrogen (secondary N) is 1. The van der Waals surface area contributed by atoms with Crippen LogP contribution in [-0.4, -0.2) is 10.9 Å². The van der Waals surface area contributed by atoms with Gasteiger partial charge in [0.1, 0.15) is 6.26 Å². The Morgan fingerprint density at radius 1 is 1.38 bits per heavy atom. The molecule has 2 rings (SSSR count). The van der Waals surface area contributed by atoms with E-state index in [-0.39, 0.29) is 11.9 Å². The number of anilines is 1. The van der Waals surface area contributed by atoms with E-state index in [0.29, 0.717) is 5.56 Å². The van der Waals surface area contributed by atoms with Gasteiger partial charge in [-0.2, -0.15) is 4.98 Å². The minimum Gasteiger partial charge on any atom is -0.432 e. The first-order valence-electron chi connectivity index (χ1n) is 4.64. The lowest BCUT2D eigenvalue weighted by atomic mass is 10.2. The molecule has 0 radical (unpaired) electrons. The highest BCUT2D eigenvalue weighted by Crippen LogP contribution is 2.10. The molecule has 0 fully saturated rings. The third-order valence-electron chi connectivity index (χ3n) is 1.95. The van der Waals surface area contributed by atoms with Crippen LogP contribution in [-0.2, 0) is 0 Å². The standard InChI is InChI=1S/C11H9IN2O2/c1-7-6-16-11(13-7)14-10(15)8-2-4-9(12)5-3-8/h2-6H,1H3,(H,13,14,15). The molecular formula is C11H9IN2O2. The summed E-state index contributed by atoms with van der Waals surface area (Å²) in [5.74, 6) is -0.224. The molecule has 16 heavy (non-hydrogen) atoms. The summed E-state index contributed by atoms with van der Waals surface area (Å²) >= 11 is 2.18. The zero-order valence-corrected chi connectivity index (χ0v) is 10.7. The van der Waals surface area contributed by atoms with Crippen LogP contribution in [0.5, 0.6) is 0 Å². The lowest BCUT2D eigenvalue weighted by Crippen LogP contribution is -2.11. The average Bonchev–Trinajstić information content (AvgIpc) is 2.65. The predicted octanol–water partition coefficient (Wildman–Crippen LogP) is 2.84. The number of halogens is 1. The van der Waals surface area contributed by atoms with Crippen LogP contribution in [0.4, 0.5) is 6.01 Å². The van der Waals surface area contributed by atoms with Gasteiger partial charge in [-0.3, -0.25) is 10.1 Å². The van der Waals surface area contributed by atoms with E-state index in [4.69, 9.17) is 4.42 Å². The van der Waals surface area contributed by atoms with Crippen LogP contribution < -0.4 is 5.32 Å². The summed E-state index contributed by atoms with van der Waals surface area (Å²) < 4.78 is 6.12. The quantitative estimate of drug-likeness (QED) is 0.863. The molecular weight excluding hydrogens is 319 g/mol. The van der Waals surface area contributed by atoms with E-state index < -0.39 is 0 Å². The van der Waals surface area contributed by atoms with E-state index in [1.807, 2.05) is 12.1 Å². The minimum atomic E-state index is -0.224. The van der Waals surface area contributed by atoms with Gasteiger partial charge in [0.05, 0.1) is 5.69 Å². The van der Waals surface area contributed by atoms with Gasteiger partial charge >= 0.3 is 6.01 Å². The molecule has 5 heteroatoms. The van der Waals surface area contributed by atoms with Crippen molar-refractivity contribution in [2.24, 2.45) is 0 Å². The number of amides is 1. The number of carbonyl (C=O) groups is 1. The summed E-state index contributed by atoms with van der Waals surface area (Å²) in [6, 6.07) is 7.48. The van der Waals surface area contributed by atoms with Crippen molar-refractivity contribution >= 4 is 34.5 Å². The molecule has 0 aliphatic rings. The van der Waals surface area contributed by atoms with Gasteiger partial charge in [-0.15, -0.1) is 0 Å². The number of rotatable bonds is 2. The molecule has 0 spiro atoms. The normalized spacial score (nSPS) is 10.1. The van der Waals surface area contributed by atoms with Crippen LogP contribution >= 0.6 is 22.6 Å².